The second kappa shape index (κ2) is 5.19. The number of nitrogens with zero attached hydrogens (tertiary/aromatic N) is 2. The topological polar surface area (TPSA) is 32.3 Å². The van der Waals surface area contributed by atoms with Gasteiger partial charge in [0.15, 0.2) is 6.54 Å². The van der Waals surface area contributed by atoms with Gasteiger partial charge in [0.25, 0.3) is 5.91 Å². The Hall–Kier alpha value is -0.610. The van der Waals surface area contributed by atoms with Gasteiger partial charge in [-0.15, -0.1) is 0 Å². The molecule has 7 aliphatic rings. The van der Waals surface area contributed by atoms with Crippen molar-refractivity contribution in [3.8, 4) is 0 Å². The molecule has 128 valence electrons. The maximum Gasteiger partial charge on any atom is 0.275 e. The summed E-state index contributed by atoms with van der Waals surface area (Å²) in [7, 11) is 0. The van der Waals surface area contributed by atoms with Crippen LogP contribution in [0.5, 0.6) is 0 Å². The van der Waals surface area contributed by atoms with Crippen LogP contribution in [0, 0.1) is 23.2 Å². The van der Waals surface area contributed by atoms with Crippen molar-refractivity contribution < 1.29 is 9.28 Å². The summed E-state index contributed by atoms with van der Waals surface area (Å²) >= 11 is 0. The fourth-order valence-electron chi connectivity index (χ4n) is 7.12. The fourth-order valence-corrected chi connectivity index (χ4v) is 7.12. The van der Waals surface area contributed by atoms with Gasteiger partial charge in [-0.1, -0.05) is 0 Å². The first-order chi connectivity index (χ1) is 11.1. The molecule has 3 aliphatic heterocycles. The normalized spacial score (nSPS) is 50.3. The van der Waals surface area contributed by atoms with E-state index in [2.05, 4.69) is 10.2 Å². The highest BCUT2D eigenvalue weighted by molar-refractivity contribution is 5.77. The minimum absolute atomic E-state index is 0.330. The number of carbonyl (C=O) groups is 1. The summed E-state index contributed by atoms with van der Waals surface area (Å²) in [6, 6.07) is 0. The van der Waals surface area contributed by atoms with Crippen LogP contribution < -0.4 is 5.32 Å². The third-order valence-corrected chi connectivity index (χ3v) is 7.98. The first kappa shape index (κ1) is 14.7. The quantitative estimate of drug-likeness (QED) is 0.796. The monoisotopic (exact) mass is 318 g/mol. The number of piperazine rings is 3. The Morgan fingerprint density at radius 2 is 1.48 bits per heavy atom. The summed E-state index contributed by atoms with van der Waals surface area (Å²) in [4.78, 5) is 15.2. The Morgan fingerprint density at radius 1 is 0.957 bits per heavy atom. The lowest BCUT2D eigenvalue weighted by atomic mass is 9.49. The van der Waals surface area contributed by atoms with Crippen molar-refractivity contribution in [1.82, 2.24) is 10.2 Å². The van der Waals surface area contributed by atoms with E-state index in [9.17, 15) is 4.79 Å². The second-order valence-electron chi connectivity index (χ2n) is 9.71. The number of rotatable bonds is 4. The van der Waals surface area contributed by atoms with E-state index in [1.165, 1.54) is 77.8 Å². The molecule has 7 rings (SSSR count). The predicted octanol–water partition coefficient (Wildman–Crippen LogP) is 1.47. The van der Waals surface area contributed by atoms with E-state index in [4.69, 9.17) is 0 Å². The number of nitrogens with one attached hydrogen (secondary N) is 1. The molecule has 0 aromatic heterocycles. The maximum atomic E-state index is 12.6. The van der Waals surface area contributed by atoms with E-state index >= 15 is 0 Å². The maximum absolute atomic E-state index is 12.6. The van der Waals surface area contributed by atoms with Crippen LogP contribution in [-0.4, -0.2) is 67.6 Å². The molecule has 0 radical (unpaired) electrons. The summed E-state index contributed by atoms with van der Waals surface area (Å²) in [5.41, 5.74) is 0.477. The molecule has 0 aromatic carbocycles. The Morgan fingerprint density at radius 3 is 2.00 bits per heavy atom. The number of quaternary nitrogens is 1. The lowest BCUT2D eigenvalue weighted by Crippen LogP contribution is -2.69. The van der Waals surface area contributed by atoms with Gasteiger partial charge in [0.1, 0.15) is 0 Å². The molecule has 23 heavy (non-hydrogen) atoms. The van der Waals surface area contributed by atoms with E-state index in [-0.39, 0.29) is 0 Å². The molecule has 4 saturated carbocycles. The van der Waals surface area contributed by atoms with Gasteiger partial charge >= 0.3 is 0 Å². The molecule has 4 nitrogen and oxygen atoms in total. The second-order valence-corrected chi connectivity index (χ2v) is 9.71. The summed E-state index contributed by atoms with van der Waals surface area (Å²) in [6.45, 7) is 8.86. The van der Waals surface area contributed by atoms with Crippen molar-refractivity contribution in [2.45, 2.75) is 38.5 Å². The van der Waals surface area contributed by atoms with Gasteiger partial charge in [0.05, 0.1) is 19.6 Å². The van der Waals surface area contributed by atoms with Crippen LogP contribution in [0.3, 0.4) is 0 Å². The highest BCUT2D eigenvalue weighted by Crippen LogP contribution is 2.59. The summed E-state index contributed by atoms with van der Waals surface area (Å²) in [5, 5.41) is 3.40. The zero-order valence-electron chi connectivity index (χ0n) is 14.4. The lowest BCUT2D eigenvalue weighted by Gasteiger charge is -2.57. The van der Waals surface area contributed by atoms with Crippen LogP contribution in [-0.2, 0) is 4.79 Å². The van der Waals surface area contributed by atoms with Crippen LogP contribution in [0.15, 0.2) is 0 Å². The molecule has 4 aliphatic carbocycles. The van der Waals surface area contributed by atoms with Gasteiger partial charge in [-0.2, -0.15) is 0 Å². The lowest BCUT2D eigenvalue weighted by molar-refractivity contribution is -0.933. The molecule has 0 unspecified atom stereocenters. The van der Waals surface area contributed by atoms with Crippen LogP contribution in [0.25, 0.3) is 0 Å². The van der Waals surface area contributed by atoms with Crippen molar-refractivity contribution in [2.75, 3.05) is 52.4 Å². The zero-order valence-corrected chi connectivity index (χ0v) is 14.4. The summed E-state index contributed by atoms with van der Waals surface area (Å²) in [5.74, 6) is 3.27. The van der Waals surface area contributed by atoms with E-state index < -0.39 is 0 Å². The van der Waals surface area contributed by atoms with Gasteiger partial charge in [0, 0.05) is 26.2 Å². The molecule has 3 heterocycles. The molecule has 0 atom stereocenters. The average molecular weight is 318 g/mol. The number of carbonyl (C=O) groups excluding carboxylic acids is 1. The van der Waals surface area contributed by atoms with Gasteiger partial charge in [-0.05, 0) is 61.7 Å². The molecule has 3 saturated heterocycles. The Kier molecular flexibility index (Phi) is 3.32. The minimum atomic E-state index is 0.330. The first-order valence-corrected chi connectivity index (χ1v) is 9.96. The highest BCUT2D eigenvalue weighted by atomic mass is 16.2. The van der Waals surface area contributed by atoms with E-state index in [0.717, 1.165) is 35.3 Å². The third-order valence-electron chi connectivity index (χ3n) is 7.98. The molecule has 1 amide bonds. The molecule has 0 spiro atoms. The van der Waals surface area contributed by atoms with Gasteiger partial charge in [-0.3, -0.25) is 9.69 Å². The largest absolute Gasteiger partial charge is 0.351 e. The molecule has 4 heteroatoms. The average Bonchev–Trinajstić information content (AvgIpc) is 2.53. The Bertz CT molecular complexity index is 446. The molecule has 6 bridgehead atoms. The van der Waals surface area contributed by atoms with E-state index in [1.54, 1.807) is 0 Å². The highest BCUT2D eigenvalue weighted by Gasteiger charge is 2.51. The van der Waals surface area contributed by atoms with E-state index in [1.807, 2.05) is 0 Å². The molecular formula is C19H32N3O+. The standard InChI is InChI=1S/C19H31N3O/c23-18(13-22-4-1-21(2-5-22)3-6-22)20-14-19-10-15-7-16(11-19)9-17(8-15)12-19/h15-17H,1-14H2/p+1. The van der Waals surface area contributed by atoms with Crippen LogP contribution in [0.2, 0.25) is 0 Å². The van der Waals surface area contributed by atoms with Crippen molar-refractivity contribution in [2.24, 2.45) is 23.2 Å². The molecule has 0 aromatic rings. The smallest absolute Gasteiger partial charge is 0.275 e. The van der Waals surface area contributed by atoms with Gasteiger partial charge in [-0.25, -0.2) is 0 Å². The number of fused-ring (bicyclic) bond motifs is 3. The van der Waals surface area contributed by atoms with Crippen LogP contribution >= 0.6 is 0 Å². The molecule has 7 fully saturated rings. The van der Waals surface area contributed by atoms with Crippen LogP contribution in [0.4, 0.5) is 0 Å². The molecular weight excluding hydrogens is 286 g/mol. The minimum Gasteiger partial charge on any atom is -0.351 e. The van der Waals surface area contributed by atoms with Crippen molar-refractivity contribution in [3.05, 3.63) is 0 Å². The summed E-state index contributed by atoms with van der Waals surface area (Å²) in [6.07, 6.45) is 8.66. The number of amides is 1. The fraction of sp³-hybridized carbons (Fsp3) is 0.947. The van der Waals surface area contributed by atoms with Gasteiger partial charge in [0.2, 0.25) is 0 Å². The first-order valence-electron chi connectivity index (χ1n) is 9.96. The predicted molar refractivity (Wildman–Crippen MR) is 89.8 cm³/mol. The van der Waals surface area contributed by atoms with E-state index in [0.29, 0.717) is 11.3 Å². The van der Waals surface area contributed by atoms with Gasteiger partial charge < -0.3 is 9.80 Å². The molecule has 1 N–H and O–H groups in total. The van der Waals surface area contributed by atoms with Crippen molar-refractivity contribution >= 4 is 5.91 Å². The Labute approximate surface area is 140 Å². The van der Waals surface area contributed by atoms with Crippen LogP contribution in [0.1, 0.15) is 38.5 Å². The van der Waals surface area contributed by atoms with Crippen molar-refractivity contribution in [1.29, 1.82) is 0 Å². The Balaban J connectivity index is 1.19. The number of hydrogen-bond acceptors (Lipinski definition) is 2. The SMILES string of the molecule is O=C(C[N+]12CCN(CC1)CC2)NCC12CC3CC(CC(C3)C1)C2. The third kappa shape index (κ3) is 2.62. The van der Waals surface area contributed by atoms with Crippen molar-refractivity contribution in [3.63, 3.8) is 0 Å². The number of hydrogen-bond donors (Lipinski definition) is 1. The zero-order chi connectivity index (χ0) is 15.5. The summed E-state index contributed by atoms with van der Waals surface area (Å²) < 4.78 is 1.06.